The summed E-state index contributed by atoms with van der Waals surface area (Å²) in [7, 11) is 3.89. The van der Waals surface area contributed by atoms with Crippen LogP contribution in [-0.4, -0.2) is 49.8 Å². The summed E-state index contributed by atoms with van der Waals surface area (Å²) in [5.41, 5.74) is -1.10. The van der Waals surface area contributed by atoms with Gasteiger partial charge in [0.2, 0.25) is 0 Å². The van der Waals surface area contributed by atoms with Crippen LogP contribution in [0.15, 0.2) is 24.3 Å². The molecular formula is C18H22O7. The largest absolute Gasteiger partial charge is 0.497 e. The highest BCUT2D eigenvalue weighted by molar-refractivity contribution is 6.02. The Morgan fingerprint density at radius 2 is 1.64 bits per heavy atom. The van der Waals surface area contributed by atoms with Gasteiger partial charge >= 0.3 is 11.9 Å². The number of esters is 2. The SMILES string of the molecule is COC(=O)[C@@H]1C(=O)C[C@](C)(O)[C@H](C(=O)OC)[C@H]1c1ccc(OC)cc1. The number of benzene rings is 1. The first-order valence-corrected chi connectivity index (χ1v) is 7.81. The quantitative estimate of drug-likeness (QED) is 0.641. The summed E-state index contributed by atoms with van der Waals surface area (Å²) in [5.74, 6) is -4.50. The van der Waals surface area contributed by atoms with Crippen LogP contribution in [-0.2, 0) is 23.9 Å². The topological polar surface area (TPSA) is 99.1 Å². The molecule has 0 radical (unpaired) electrons. The molecule has 7 nitrogen and oxygen atoms in total. The molecule has 7 heteroatoms. The van der Waals surface area contributed by atoms with E-state index in [0.29, 0.717) is 11.3 Å². The second-order valence-electron chi connectivity index (χ2n) is 6.30. The van der Waals surface area contributed by atoms with Gasteiger partial charge in [-0.3, -0.25) is 14.4 Å². The van der Waals surface area contributed by atoms with Gasteiger partial charge < -0.3 is 19.3 Å². The lowest BCUT2D eigenvalue weighted by Crippen LogP contribution is -2.55. The highest BCUT2D eigenvalue weighted by Crippen LogP contribution is 2.46. The molecule has 0 aromatic heterocycles. The summed E-state index contributed by atoms with van der Waals surface area (Å²) in [4.78, 5) is 37.2. The fourth-order valence-electron chi connectivity index (χ4n) is 3.50. The van der Waals surface area contributed by atoms with Crippen LogP contribution in [0.1, 0.15) is 24.8 Å². The minimum atomic E-state index is -1.64. The van der Waals surface area contributed by atoms with E-state index in [9.17, 15) is 19.5 Å². The third-order valence-corrected chi connectivity index (χ3v) is 4.68. The van der Waals surface area contributed by atoms with E-state index in [1.807, 2.05) is 0 Å². The number of carbonyl (C=O) groups excluding carboxylic acids is 3. The zero-order valence-electron chi connectivity index (χ0n) is 14.6. The minimum absolute atomic E-state index is 0.334. The number of hydrogen-bond acceptors (Lipinski definition) is 7. The number of carbonyl (C=O) groups is 3. The van der Waals surface area contributed by atoms with Crippen LogP contribution < -0.4 is 4.74 Å². The van der Waals surface area contributed by atoms with Gasteiger partial charge in [-0.05, 0) is 24.6 Å². The van der Waals surface area contributed by atoms with Crippen molar-refractivity contribution in [1.29, 1.82) is 0 Å². The van der Waals surface area contributed by atoms with Gasteiger partial charge in [0.15, 0.2) is 5.78 Å². The van der Waals surface area contributed by atoms with E-state index < -0.39 is 41.1 Å². The number of rotatable bonds is 4. The van der Waals surface area contributed by atoms with Crippen molar-refractivity contribution in [3.8, 4) is 5.75 Å². The Bertz CT molecular complexity index is 663. The first kappa shape index (κ1) is 18.9. The third kappa shape index (κ3) is 3.51. The van der Waals surface area contributed by atoms with E-state index >= 15 is 0 Å². The number of Topliss-reactive ketones (excluding diaryl/α,β-unsaturated/α-hetero) is 1. The lowest BCUT2D eigenvalue weighted by molar-refractivity contribution is -0.170. The van der Waals surface area contributed by atoms with Crippen molar-refractivity contribution >= 4 is 17.7 Å². The fourth-order valence-corrected chi connectivity index (χ4v) is 3.50. The fraction of sp³-hybridized carbons (Fsp3) is 0.500. The molecule has 1 aromatic rings. The summed E-state index contributed by atoms with van der Waals surface area (Å²) < 4.78 is 14.7. The highest BCUT2D eigenvalue weighted by Gasteiger charge is 2.56. The van der Waals surface area contributed by atoms with Crippen LogP contribution in [0.5, 0.6) is 5.75 Å². The smallest absolute Gasteiger partial charge is 0.316 e. The zero-order chi connectivity index (χ0) is 18.8. The zero-order valence-corrected chi connectivity index (χ0v) is 14.6. The van der Waals surface area contributed by atoms with E-state index in [2.05, 4.69) is 0 Å². The maximum absolute atomic E-state index is 12.5. The Hall–Kier alpha value is -2.41. The van der Waals surface area contributed by atoms with E-state index in [1.54, 1.807) is 24.3 Å². The van der Waals surface area contributed by atoms with Gasteiger partial charge in [0.1, 0.15) is 11.7 Å². The molecule has 1 aliphatic carbocycles. The lowest BCUT2D eigenvalue weighted by Gasteiger charge is -2.43. The van der Waals surface area contributed by atoms with Crippen LogP contribution in [0.25, 0.3) is 0 Å². The first-order chi connectivity index (χ1) is 11.8. The predicted molar refractivity (Wildman–Crippen MR) is 87.0 cm³/mol. The van der Waals surface area contributed by atoms with Gasteiger partial charge in [-0.1, -0.05) is 12.1 Å². The molecule has 1 N–H and O–H groups in total. The van der Waals surface area contributed by atoms with Crippen molar-refractivity contribution in [2.24, 2.45) is 11.8 Å². The second kappa shape index (κ2) is 7.23. The molecule has 1 fully saturated rings. The maximum atomic E-state index is 12.5. The summed E-state index contributed by atoms with van der Waals surface area (Å²) in [5, 5.41) is 10.7. The average Bonchev–Trinajstić information content (AvgIpc) is 2.59. The Kier molecular flexibility index (Phi) is 5.47. The van der Waals surface area contributed by atoms with Gasteiger partial charge in [0, 0.05) is 12.3 Å². The summed E-state index contributed by atoms with van der Waals surface area (Å²) in [6.07, 6.45) is -0.334. The number of hydrogen-bond donors (Lipinski definition) is 1. The number of ketones is 1. The van der Waals surface area contributed by atoms with Crippen LogP contribution >= 0.6 is 0 Å². The lowest BCUT2D eigenvalue weighted by atomic mass is 9.62. The normalized spacial score (nSPS) is 29.0. The molecule has 1 aromatic carbocycles. The molecule has 1 saturated carbocycles. The standard InChI is InChI=1S/C18H22O7/c1-18(22)9-12(19)14(16(20)24-3)13(15(18)17(21)25-4)10-5-7-11(23-2)8-6-10/h5-8,13-15,22H,9H2,1-4H3/t13-,14+,15-,18-/m0/s1. The summed E-state index contributed by atoms with van der Waals surface area (Å²) in [6.45, 7) is 1.40. The van der Waals surface area contributed by atoms with Crippen molar-refractivity contribution in [2.45, 2.75) is 24.9 Å². The predicted octanol–water partition coefficient (Wildman–Crippen LogP) is 1.08. The van der Waals surface area contributed by atoms with Crippen LogP contribution in [0.2, 0.25) is 0 Å². The number of methoxy groups -OCH3 is 3. The highest BCUT2D eigenvalue weighted by atomic mass is 16.5. The molecule has 0 unspecified atom stereocenters. The van der Waals surface area contributed by atoms with E-state index in [0.717, 1.165) is 0 Å². The van der Waals surface area contributed by atoms with Gasteiger partial charge in [0.25, 0.3) is 0 Å². The van der Waals surface area contributed by atoms with Gasteiger partial charge in [-0.25, -0.2) is 0 Å². The van der Waals surface area contributed by atoms with Crippen molar-refractivity contribution in [3.63, 3.8) is 0 Å². The molecule has 0 spiro atoms. The maximum Gasteiger partial charge on any atom is 0.316 e. The third-order valence-electron chi connectivity index (χ3n) is 4.68. The molecule has 0 aliphatic heterocycles. The Morgan fingerprint density at radius 3 is 2.12 bits per heavy atom. The second-order valence-corrected chi connectivity index (χ2v) is 6.30. The first-order valence-electron chi connectivity index (χ1n) is 7.81. The Labute approximate surface area is 145 Å². The number of aliphatic hydroxyl groups is 1. The molecule has 1 aliphatic rings. The monoisotopic (exact) mass is 350 g/mol. The van der Waals surface area contributed by atoms with E-state index in [4.69, 9.17) is 14.2 Å². The molecular weight excluding hydrogens is 328 g/mol. The van der Waals surface area contributed by atoms with Crippen molar-refractivity contribution in [3.05, 3.63) is 29.8 Å². The van der Waals surface area contributed by atoms with Gasteiger partial charge in [-0.15, -0.1) is 0 Å². The van der Waals surface area contributed by atoms with Gasteiger partial charge in [-0.2, -0.15) is 0 Å². The van der Waals surface area contributed by atoms with E-state index in [1.165, 1.54) is 28.3 Å². The Morgan fingerprint density at radius 1 is 1.08 bits per heavy atom. The van der Waals surface area contributed by atoms with Crippen LogP contribution in [0.3, 0.4) is 0 Å². The molecule has 0 saturated heterocycles. The van der Waals surface area contributed by atoms with Crippen LogP contribution in [0, 0.1) is 11.8 Å². The molecule has 0 heterocycles. The van der Waals surface area contributed by atoms with Crippen molar-refractivity contribution in [1.82, 2.24) is 0 Å². The molecule has 0 bridgehead atoms. The van der Waals surface area contributed by atoms with Crippen molar-refractivity contribution in [2.75, 3.05) is 21.3 Å². The average molecular weight is 350 g/mol. The number of ether oxygens (including phenoxy) is 3. The molecule has 2 rings (SSSR count). The minimum Gasteiger partial charge on any atom is -0.497 e. The van der Waals surface area contributed by atoms with E-state index in [-0.39, 0.29) is 6.42 Å². The summed E-state index contributed by atoms with van der Waals surface area (Å²) in [6, 6.07) is 6.63. The Balaban J connectivity index is 2.61. The van der Waals surface area contributed by atoms with Crippen molar-refractivity contribution < 1.29 is 33.7 Å². The molecule has 136 valence electrons. The van der Waals surface area contributed by atoms with Crippen LogP contribution in [0.4, 0.5) is 0 Å². The molecule has 25 heavy (non-hydrogen) atoms. The molecule has 4 atom stereocenters. The molecule has 0 amide bonds. The summed E-state index contributed by atoms with van der Waals surface area (Å²) >= 11 is 0. The van der Waals surface area contributed by atoms with Gasteiger partial charge in [0.05, 0.1) is 32.8 Å².